The molecule has 2 aromatic carbocycles. The molecule has 0 fully saturated rings. The lowest BCUT2D eigenvalue weighted by atomic mass is 10.1. The van der Waals surface area contributed by atoms with E-state index >= 15 is 0 Å². The summed E-state index contributed by atoms with van der Waals surface area (Å²) in [6.45, 7) is 2.42. The number of nitrogens with two attached hydrogens (primary N) is 1. The Balaban J connectivity index is 2.23. The van der Waals surface area contributed by atoms with Crippen LogP contribution in [0, 0.1) is 12.7 Å². The lowest BCUT2D eigenvalue weighted by molar-refractivity contribution is 0.439. The topological polar surface area (TPSA) is 35.2 Å². The Morgan fingerprint density at radius 3 is 2.53 bits per heavy atom. The number of aryl methyl sites for hydroxylation is 1. The van der Waals surface area contributed by atoms with Gasteiger partial charge >= 0.3 is 0 Å². The van der Waals surface area contributed by atoms with Gasteiger partial charge in [-0.25, -0.2) is 4.39 Å². The second-order valence-electron chi connectivity index (χ2n) is 4.32. The Hall–Kier alpha value is -1.39. The summed E-state index contributed by atoms with van der Waals surface area (Å²) >= 11 is 3.38. The van der Waals surface area contributed by atoms with Crippen molar-refractivity contribution in [3.8, 4) is 11.5 Å². The number of benzene rings is 2. The Morgan fingerprint density at radius 1 is 1.16 bits per heavy atom. The lowest BCUT2D eigenvalue weighted by Gasteiger charge is -2.10. The van der Waals surface area contributed by atoms with Gasteiger partial charge in [0.15, 0.2) is 11.6 Å². The number of rotatable bonds is 4. The minimum atomic E-state index is -0.367. The molecule has 0 aliphatic rings. The van der Waals surface area contributed by atoms with Crippen LogP contribution in [0.1, 0.15) is 11.1 Å². The smallest absolute Gasteiger partial charge is 0.165 e. The van der Waals surface area contributed by atoms with Gasteiger partial charge in [-0.3, -0.25) is 0 Å². The monoisotopic (exact) mass is 323 g/mol. The predicted octanol–water partition coefficient (Wildman–Crippen LogP) is 4.19. The molecule has 0 bridgehead atoms. The van der Waals surface area contributed by atoms with Crippen molar-refractivity contribution in [3.05, 3.63) is 57.8 Å². The van der Waals surface area contributed by atoms with Crippen molar-refractivity contribution in [2.24, 2.45) is 5.73 Å². The summed E-state index contributed by atoms with van der Waals surface area (Å²) in [6.07, 6.45) is 0.661. The van der Waals surface area contributed by atoms with E-state index in [1.807, 2.05) is 31.2 Å². The lowest BCUT2D eigenvalue weighted by Crippen LogP contribution is -2.03. The first-order valence-electron chi connectivity index (χ1n) is 6.02. The molecule has 0 radical (unpaired) electrons. The van der Waals surface area contributed by atoms with E-state index in [-0.39, 0.29) is 11.6 Å². The zero-order chi connectivity index (χ0) is 13.8. The van der Waals surface area contributed by atoms with Gasteiger partial charge in [0.2, 0.25) is 0 Å². The first-order valence-corrected chi connectivity index (χ1v) is 6.82. The Labute approximate surface area is 120 Å². The summed E-state index contributed by atoms with van der Waals surface area (Å²) in [7, 11) is 0. The SMILES string of the molecule is Cc1cc(Br)ccc1Oc1ccc(CCN)cc1F. The number of ether oxygens (including phenoxy) is 1. The van der Waals surface area contributed by atoms with Crippen LogP contribution in [-0.2, 0) is 6.42 Å². The fraction of sp³-hybridized carbons (Fsp3) is 0.200. The number of halogens is 2. The van der Waals surface area contributed by atoms with Crippen molar-refractivity contribution < 1.29 is 9.13 Å². The van der Waals surface area contributed by atoms with Crippen molar-refractivity contribution in [2.45, 2.75) is 13.3 Å². The van der Waals surface area contributed by atoms with Crippen molar-refractivity contribution >= 4 is 15.9 Å². The molecule has 0 unspecified atom stereocenters. The van der Waals surface area contributed by atoms with Crippen LogP contribution in [-0.4, -0.2) is 6.54 Å². The summed E-state index contributed by atoms with van der Waals surface area (Å²) in [5.41, 5.74) is 7.27. The molecule has 0 saturated heterocycles. The molecule has 19 heavy (non-hydrogen) atoms. The summed E-state index contributed by atoms with van der Waals surface area (Å²) in [6, 6.07) is 10.5. The molecular formula is C15H15BrFNO. The number of hydrogen-bond acceptors (Lipinski definition) is 2. The highest BCUT2D eigenvalue weighted by atomic mass is 79.9. The highest BCUT2D eigenvalue weighted by Gasteiger charge is 2.08. The molecule has 0 spiro atoms. The maximum absolute atomic E-state index is 13.9. The molecule has 0 atom stereocenters. The van der Waals surface area contributed by atoms with Gasteiger partial charge in [-0.2, -0.15) is 0 Å². The molecule has 2 N–H and O–H groups in total. The molecule has 0 aliphatic carbocycles. The van der Waals surface area contributed by atoms with Crippen molar-refractivity contribution in [1.29, 1.82) is 0 Å². The Morgan fingerprint density at radius 2 is 1.89 bits per heavy atom. The van der Waals surface area contributed by atoms with Gasteiger partial charge in [-0.15, -0.1) is 0 Å². The summed E-state index contributed by atoms with van der Waals surface area (Å²) in [5.74, 6) is 0.508. The van der Waals surface area contributed by atoms with E-state index in [2.05, 4.69) is 15.9 Å². The van der Waals surface area contributed by atoms with Crippen molar-refractivity contribution in [1.82, 2.24) is 0 Å². The Bertz CT molecular complexity index is 586. The molecule has 4 heteroatoms. The summed E-state index contributed by atoms with van der Waals surface area (Å²) < 4.78 is 20.5. The third kappa shape index (κ3) is 3.55. The molecule has 0 aromatic heterocycles. The minimum absolute atomic E-state index is 0.228. The van der Waals surface area contributed by atoms with E-state index in [0.717, 1.165) is 15.6 Å². The van der Waals surface area contributed by atoms with Gasteiger partial charge in [0.05, 0.1) is 0 Å². The van der Waals surface area contributed by atoms with Gasteiger partial charge in [0.25, 0.3) is 0 Å². The highest BCUT2D eigenvalue weighted by Crippen LogP contribution is 2.29. The minimum Gasteiger partial charge on any atom is -0.454 e. The predicted molar refractivity (Wildman–Crippen MR) is 78.1 cm³/mol. The Kier molecular flexibility index (Phi) is 4.56. The highest BCUT2D eigenvalue weighted by molar-refractivity contribution is 9.10. The van der Waals surface area contributed by atoms with Crippen LogP contribution in [0.15, 0.2) is 40.9 Å². The largest absolute Gasteiger partial charge is 0.454 e. The zero-order valence-corrected chi connectivity index (χ0v) is 12.2. The van der Waals surface area contributed by atoms with Gasteiger partial charge in [0.1, 0.15) is 5.75 Å². The third-order valence-corrected chi connectivity index (χ3v) is 3.28. The summed E-state index contributed by atoms with van der Waals surface area (Å²) in [4.78, 5) is 0. The molecule has 0 amide bonds. The van der Waals surface area contributed by atoms with E-state index in [1.165, 1.54) is 6.07 Å². The van der Waals surface area contributed by atoms with Gasteiger partial charge < -0.3 is 10.5 Å². The normalized spacial score (nSPS) is 10.5. The fourth-order valence-electron chi connectivity index (χ4n) is 1.80. The average molecular weight is 324 g/mol. The van der Waals surface area contributed by atoms with Crippen molar-refractivity contribution in [3.63, 3.8) is 0 Å². The van der Waals surface area contributed by atoms with Crippen LogP contribution >= 0.6 is 15.9 Å². The molecule has 0 saturated carbocycles. The third-order valence-electron chi connectivity index (χ3n) is 2.79. The second-order valence-corrected chi connectivity index (χ2v) is 5.23. The van der Waals surface area contributed by atoms with Crippen LogP contribution < -0.4 is 10.5 Å². The first kappa shape index (κ1) is 14.0. The molecule has 0 aliphatic heterocycles. The molecule has 2 nitrogen and oxygen atoms in total. The van der Waals surface area contributed by atoms with E-state index in [9.17, 15) is 4.39 Å². The van der Waals surface area contributed by atoms with E-state index in [0.29, 0.717) is 18.7 Å². The van der Waals surface area contributed by atoms with E-state index < -0.39 is 0 Å². The second kappa shape index (κ2) is 6.17. The average Bonchev–Trinajstić information content (AvgIpc) is 2.36. The quantitative estimate of drug-likeness (QED) is 0.915. The van der Waals surface area contributed by atoms with Crippen LogP contribution in [0.25, 0.3) is 0 Å². The zero-order valence-electron chi connectivity index (χ0n) is 10.6. The van der Waals surface area contributed by atoms with Crippen LogP contribution in [0.4, 0.5) is 4.39 Å². The van der Waals surface area contributed by atoms with Crippen LogP contribution in [0.5, 0.6) is 11.5 Å². The van der Waals surface area contributed by atoms with Gasteiger partial charge in [0, 0.05) is 4.47 Å². The van der Waals surface area contributed by atoms with Gasteiger partial charge in [-0.1, -0.05) is 22.0 Å². The van der Waals surface area contributed by atoms with E-state index in [1.54, 1.807) is 6.07 Å². The maximum atomic E-state index is 13.9. The summed E-state index contributed by atoms with van der Waals surface area (Å²) in [5, 5.41) is 0. The molecule has 2 rings (SSSR count). The fourth-order valence-corrected chi connectivity index (χ4v) is 2.27. The molecule has 100 valence electrons. The number of hydrogen-bond donors (Lipinski definition) is 1. The van der Waals surface area contributed by atoms with Crippen LogP contribution in [0.2, 0.25) is 0 Å². The van der Waals surface area contributed by atoms with Gasteiger partial charge in [-0.05, 0) is 61.3 Å². The van der Waals surface area contributed by atoms with E-state index in [4.69, 9.17) is 10.5 Å². The molecule has 2 aromatic rings. The maximum Gasteiger partial charge on any atom is 0.165 e. The van der Waals surface area contributed by atoms with Crippen LogP contribution in [0.3, 0.4) is 0 Å². The van der Waals surface area contributed by atoms with Crippen molar-refractivity contribution in [2.75, 3.05) is 6.54 Å². The first-order chi connectivity index (χ1) is 9.10. The molecular weight excluding hydrogens is 309 g/mol. The molecule has 0 heterocycles. The standard InChI is InChI=1S/C15H15BrFNO/c1-10-8-12(16)3-5-14(10)19-15-4-2-11(6-7-18)9-13(15)17/h2-5,8-9H,6-7,18H2,1H3.